The van der Waals surface area contributed by atoms with Gasteiger partial charge in [0.2, 0.25) is 0 Å². The Kier molecular flexibility index (Phi) is 3.60. The van der Waals surface area contributed by atoms with Crippen molar-refractivity contribution >= 4 is 13.2 Å². The average molecular weight is 263 g/mol. The van der Waals surface area contributed by atoms with Gasteiger partial charge in [-0.3, -0.25) is 5.10 Å². The quantitative estimate of drug-likeness (QED) is 0.814. The molecular formula is C13H22BN3O2. The Bertz CT molecular complexity index is 478. The van der Waals surface area contributed by atoms with Crippen LogP contribution in [-0.2, 0) is 9.31 Å². The molecule has 0 spiro atoms. The molecule has 1 aromatic heterocycles. The predicted molar refractivity (Wildman–Crippen MR) is 76.4 cm³/mol. The third kappa shape index (κ3) is 2.61. The van der Waals surface area contributed by atoms with E-state index in [1.165, 1.54) is 0 Å². The Morgan fingerprint density at radius 3 is 2.37 bits per heavy atom. The summed E-state index contributed by atoms with van der Waals surface area (Å²) in [6.45, 7) is 10.5. The van der Waals surface area contributed by atoms with Gasteiger partial charge in [0.15, 0.2) is 0 Å². The highest BCUT2D eigenvalue weighted by Gasteiger charge is 2.52. The first kappa shape index (κ1) is 14.3. The molecule has 6 heteroatoms. The first-order chi connectivity index (χ1) is 8.77. The molecule has 19 heavy (non-hydrogen) atoms. The minimum Gasteiger partial charge on any atom is -0.400 e. The van der Waals surface area contributed by atoms with E-state index in [1.807, 2.05) is 40.7 Å². The molecule has 1 aromatic rings. The van der Waals surface area contributed by atoms with E-state index in [0.29, 0.717) is 6.54 Å². The summed E-state index contributed by atoms with van der Waals surface area (Å²) in [4.78, 5) is 0. The van der Waals surface area contributed by atoms with Gasteiger partial charge in [0, 0.05) is 17.8 Å². The summed E-state index contributed by atoms with van der Waals surface area (Å²) in [6, 6.07) is 0. The van der Waals surface area contributed by atoms with Crippen LogP contribution < -0.4 is 5.73 Å². The molecule has 3 N–H and O–H groups in total. The van der Waals surface area contributed by atoms with Gasteiger partial charge in [-0.15, -0.1) is 0 Å². The zero-order valence-electron chi connectivity index (χ0n) is 12.3. The Balaban J connectivity index is 2.26. The highest BCUT2D eigenvalue weighted by atomic mass is 16.7. The largest absolute Gasteiger partial charge is 0.491 e. The third-order valence-corrected chi connectivity index (χ3v) is 4.00. The first-order valence-corrected chi connectivity index (χ1v) is 6.53. The Labute approximate surface area is 114 Å². The summed E-state index contributed by atoms with van der Waals surface area (Å²) in [5.41, 5.74) is 8.07. The highest BCUT2D eigenvalue weighted by molar-refractivity contribution is 6.55. The number of rotatable bonds is 3. The molecule has 0 saturated carbocycles. The van der Waals surface area contributed by atoms with Crippen molar-refractivity contribution in [3.8, 4) is 0 Å². The van der Waals surface area contributed by atoms with Crippen LogP contribution in [0.25, 0.3) is 6.08 Å². The Morgan fingerprint density at radius 2 is 1.95 bits per heavy atom. The highest BCUT2D eigenvalue weighted by Crippen LogP contribution is 2.38. The van der Waals surface area contributed by atoms with Crippen LogP contribution in [0.3, 0.4) is 0 Å². The van der Waals surface area contributed by atoms with Crippen molar-refractivity contribution in [2.75, 3.05) is 6.54 Å². The summed E-state index contributed by atoms with van der Waals surface area (Å²) < 4.78 is 12.0. The van der Waals surface area contributed by atoms with Crippen LogP contribution in [0.5, 0.6) is 0 Å². The van der Waals surface area contributed by atoms with Gasteiger partial charge in [-0.05, 0) is 40.1 Å². The molecule has 0 radical (unpaired) electrons. The lowest BCUT2D eigenvalue weighted by Gasteiger charge is -2.32. The fourth-order valence-corrected chi connectivity index (χ4v) is 1.92. The van der Waals surface area contributed by atoms with E-state index in [4.69, 9.17) is 15.0 Å². The number of nitrogens with two attached hydrogens (primary N) is 1. The van der Waals surface area contributed by atoms with E-state index in [1.54, 1.807) is 6.20 Å². The molecule has 5 nitrogen and oxygen atoms in total. The molecule has 0 unspecified atom stereocenters. The minimum atomic E-state index is -0.399. The van der Waals surface area contributed by atoms with Crippen molar-refractivity contribution in [3.05, 3.63) is 22.9 Å². The average Bonchev–Trinajstić information content (AvgIpc) is 2.78. The number of nitrogens with one attached hydrogen (secondary N) is 1. The molecule has 2 rings (SSSR count). The maximum Gasteiger partial charge on any atom is 0.491 e. The molecule has 0 bridgehead atoms. The van der Waals surface area contributed by atoms with Crippen LogP contribution in [0.1, 0.15) is 39.0 Å². The number of aromatic amines is 1. The minimum absolute atomic E-state index is 0.350. The fraction of sp³-hybridized carbons (Fsp3) is 0.615. The van der Waals surface area contributed by atoms with E-state index >= 15 is 0 Å². The second-order valence-electron chi connectivity index (χ2n) is 5.96. The molecule has 0 amide bonds. The Morgan fingerprint density at radius 1 is 1.37 bits per heavy atom. The van der Waals surface area contributed by atoms with E-state index < -0.39 is 7.12 Å². The van der Waals surface area contributed by atoms with Crippen LogP contribution in [0.4, 0.5) is 0 Å². The summed E-state index contributed by atoms with van der Waals surface area (Å²) in [6.07, 6.45) is 3.76. The van der Waals surface area contributed by atoms with Gasteiger partial charge in [-0.25, -0.2) is 0 Å². The van der Waals surface area contributed by atoms with Crippen LogP contribution in [0, 0.1) is 6.92 Å². The standard InChI is InChI=1S/C13H22BN3O2/c1-9-10(8-16-17-9)6-11(7-15)14-18-12(2,3)13(4,5)19-14/h6,8H,7,15H2,1-5H3,(H,16,17). The van der Waals surface area contributed by atoms with Gasteiger partial charge < -0.3 is 15.0 Å². The number of hydrogen-bond acceptors (Lipinski definition) is 4. The van der Waals surface area contributed by atoms with Crippen LogP contribution in [0.15, 0.2) is 11.7 Å². The number of hydrogen-bond donors (Lipinski definition) is 2. The zero-order chi connectivity index (χ0) is 14.3. The predicted octanol–water partition coefficient (Wildman–Crippen LogP) is 1.69. The van der Waals surface area contributed by atoms with Gasteiger partial charge in [0.1, 0.15) is 0 Å². The van der Waals surface area contributed by atoms with Crippen LogP contribution in [-0.4, -0.2) is 35.1 Å². The maximum absolute atomic E-state index is 6.00. The van der Waals surface area contributed by atoms with Gasteiger partial charge in [-0.1, -0.05) is 6.08 Å². The van der Waals surface area contributed by atoms with Gasteiger partial charge in [-0.2, -0.15) is 5.10 Å². The summed E-state index contributed by atoms with van der Waals surface area (Å²) in [5.74, 6) is 0. The monoisotopic (exact) mass is 263 g/mol. The van der Waals surface area contributed by atoms with Crippen molar-refractivity contribution in [2.24, 2.45) is 5.73 Å². The summed E-state index contributed by atoms with van der Waals surface area (Å²) in [7, 11) is -0.399. The molecule has 1 saturated heterocycles. The van der Waals surface area contributed by atoms with Gasteiger partial charge in [0.25, 0.3) is 0 Å². The molecule has 1 fully saturated rings. The second-order valence-corrected chi connectivity index (χ2v) is 5.96. The summed E-state index contributed by atoms with van der Waals surface area (Å²) >= 11 is 0. The van der Waals surface area contributed by atoms with Gasteiger partial charge in [0.05, 0.1) is 17.4 Å². The number of H-pyrrole nitrogens is 1. The summed E-state index contributed by atoms with van der Waals surface area (Å²) in [5, 5.41) is 6.90. The second kappa shape index (κ2) is 4.78. The molecule has 104 valence electrons. The lowest BCUT2D eigenvalue weighted by atomic mass is 9.77. The van der Waals surface area contributed by atoms with Crippen LogP contribution in [0.2, 0.25) is 0 Å². The van der Waals surface area contributed by atoms with Gasteiger partial charge >= 0.3 is 7.12 Å². The molecular weight excluding hydrogens is 241 g/mol. The van der Waals surface area contributed by atoms with E-state index in [-0.39, 0.29) is 11.2 Å². The molecule has 2 heterocycles. The number of nitrogens with zero attached hydrogens (tertiary/aromatic N) is 1. The van der Waals surface area contributed by atoms with Crippen molar-refractivity contribution in [1.82, 2.24) is 10.2 Å². The topological polar surface area (TPSA) is 73.2 Å². The Hall–Kier alpha value is -1.11. The lowest BCUT2D eigenvalue weighted by Crippen LogP contribution is -2.41. The van der Waals surface area contributed by atoms with Crippen molar-refractivity contribution < 1.29 is 9.31 Å². The molecule has 1 aliphatic rings. The number of aryl methyl sites for hydroxylation is 1. The smallest absolute Gasteiger partial charge is 0.400 e. The first-order valence-electron chi connectivity index (χ1n) is 6.53. The normalized spacial score (nSPS) is 22.0. The third-order valence-electron chi connectivity index (χ3n) is 4.00. The zero-order valence-corrected chi connectivity index (χ0v) is 12.3. The van der Waals surface area contributed by atoms with E-state index in [0.717, 1.165) is 16.7 Å². The maximum atomic E-state index is 6.00. The molecule has 0 aromatic carbocycles. The fourth-order valence-electron chi connectivity index (χ4n) is 1.92. The SMILES string of the molecule is Cc1[nH]ncc1C=C(CN)B1OC(C)(C)C(C)(C)O1. The molecule has 0 atom stereocenters. The lowest BCUT2D eigenvalue weighted by molar-refractivity contribution is 0.00578. The van der Waals surface area contributed by atoms with E-state index in [2.05, 4.69) is 10.2 Å². The van der Waals surface area contributed by atoms with E-state index in [9.17, 15) is 0 Å². The van der Waals surface area contributed by atoms with Crippen molar-refractivity contribution in [1.29, 1.82) is 0 Å². The molecule has 0 aliphatic carbocycles. The molecule has 1 aliphatic heterocycles. The van der Waals surface area contributed by atoms with Crippen LogP contribution >= 0.6 is 0 Å². The number of aromatic nitrogens is 2. The van der Waals surface area contributed by atoms with Crippen molar-refractivity contribution in [2.45, 2.75) is 45.8 Å². The van der Waals surface area contributed by atoms with Crippen molar-refractivity contribution in [3.63, 3.8) is 0 Å².